The summed E-state index contributed by atoms with van der Waals surface area (Å²) in [6.45, 7) is 0. The molecule has 0 spiro atoms. The van der Waals surface area contributed by atoms with Crippen LogP contribution in [0.25, 0.3) is 0 Å². The molecule has 0 bridgehead atoms. The summed E-state index contributed by atoms with van der Waals surface area (Å²) in [4.78, 5) is 9.12. The fourth-order valence-corrected chi connectivity index (χ4v) is 2.63. The summed E-state index contributed by atoms with van der Waals surface area (Å²) in [6.07, 6.45) is 4.85. The number of aromatic nitrogens is 2. The van der Waals surface area contributed by atoms with Gasteiger partial charge in [-0.05, 0) is 43.4 Å². The van der Waals surface area contributed by atoms with Gasteiger partial charge in [-0.25, -0.2) is 20.2 Å². The number of hydrogen-bond donors (Lipinski definition) is 2. The number of hydrogen-bond acceptors (Lipinski definition) is 4. The van der Waals surface area contributed by atoms with E-state index in [0.29, 0.717) is 6.42 Å². The van der Waals surface area contributed by atoms with Crippen molar-refractivity contribution in [3.63, 3.8) is 0 Å². The number of nitrogen functional groups attached to an aromatic ring is 1. The van der Waals surface area contributed by atoms with Gasteiger partial charge < -0.3 is 5.43 Å². The Morgan fingerprint density at radius 2 is 1.85 bits per heavy atom. The van der Waals surface area contributed by atoms with E-state index in [0.717, 1.165) is 54.1 Å². The highest BCUT2D eigenvalue weighted by Gasteiger charge is 2.17. The minimum atomic E-state index is -0.232. The molecular formula is C15H17FN4. The largest absolute Gasteiger partial charge is 0.308 e. The Labute approximate surface area is 117 Å². The molecule has 20 heavy (non-hydrogen) atoms. The second-order valence-electron chi connectivity index (χ2n) is 5.07. The molecular weight excluding hydrogens is 255 g/mol. The molecule has 1 aliphatic carbocycles. The molecule has 104 valence electrons. The van der Waals surface area contributed by atoms with Crippen molar-refractivity contribution < 1.29 is 4.39 Å². The third-order valence-corrected chi connectivity index (χ3v) is 3.64. The van der Waals surface area contributed by atoms with Crippen molar-refractivity contribution in [2.75, 3.05) is 5.43 Å². The lowest BCUT2D eigenvalue weighted by Crippen LogP contribution is -2.18. The van der Waals surface area contributed by atoms with Crippen LogP contribution in [-0.2, 0) is 19.3 Å². The Morgan fingerprint density at radius 1 is 1.10 bits per heavy atom. The third-order valence-electron chi connectivity index (χ3n) is 3.64. The van der Waals surface area contributed by atoms with E-state index in [1.807, 2.05) is 0 Å². The summed E-state index contributed by atoms with van der Waals surface area (Å²) >= 11 is 0. The lowest BCUT2D eigenvalue weighted by molar-refractivity contribution is 0.627. The number of nitrogens with one attached hydrogen (secondary N) is 1. The highest BCUT2D eigenvalue weighted by Crippen LogP contribution is 2.25. The van der Waals surface area contributed by atoms with Gasteiger partial charge in [0.1, 0.15) is 17.5 Å². The van der Waals surface area contributed by atoms with Crippen LogP contribution in [0.1, 0.15) is 35.5 Å². The molecule has 0 saturated heterocycles. The van der Waals surface area contributed by atoms with Gasteiger partial charge in [0, 0.05) is 17.7 Å². The van der Waals surface area contributed by atoms with Crippen molar-refractivity contribution in [2.24, 2.45) is 5.84 Å². The maximum absolute atomic E-state index is 12.9. The molecule has 0 fully saturated rings. The summed E-state index contributed by atoms with van der Waals surface area (Å²) in [5, 5.41) is 0. The third kappa shape index (κ3) is 2.63. The summed E-state index contributed by atoms with van der Waals surface area (Å²) < 4.78 is 12.9. The van der Waals surface area contributed by atoms with Gasteiger partial charge in [-0.15, -0.1) is 0 Å². The molecule has 1 aliphatic rings. The zero-order valence-electron chi connectivity index (χ0n) is 11.2. The molecule has 1 heterocycles. The number of nitrogens with zero attached hydrogens (tertiary/aromatic N) is 2. The molecule has 4 nitrogen and oxygen atoms in total. The molecule has 1 aromatic carbocycles. The average Bonchev–Trinajstić information content (AvgIpc) is 2.49. The molecule has 3 N–H and O–H groups in total. The van der Waals surface area contributed by atoms with E-state index in [-0.39, 0.29) is 5.82 Å². The van der Waals surface area contributed by atoms with Crippen LogP contribution in [0.4, 0.5) is 10.2 Å². The zero-order chi connectivity index (χ0) is 13.9. The minimum Gasteiger partial charge on any atom is -0.308 e. The molecule has 0 amide bonds. The van der Waals surface area contributed by atoms with E-state index in [9.17, 15) is 4.39 Å². The standard InChI is InChI=1S/C15H17FN4/c16-11-7-5-10(6-8-11)9-14-18-13-4-2-1-3-12(13)15(19-14)20-17/h5-8H,1-4,9,17H2,(H,18,19,20). The predicted molar refractivity (Wildman–Crippen MR) is 75.7 cm³/mol. The van der Waals surface area contributed by atoms with Gasteiger partial charge in [0.2, 0.25) is 0 Å². The molecule has 0 radical (unpaired) electrons. The summed E-state index contributed by atoms with van der Waals surface area (Å²) in [5.41, 5.74) is 5.90. The van der Waals surface area contributed by atoms with Crippen LogP contribution in [0.15, 0.2) is 24.3 Å². The Hall–Kier alpha value is -2.01. The van der Waals surface area contributed by atoms with Crippen LogP contribution < -0.4 is 11.3 Å². The van der Waals surface area contributed by atoms with E-state index >= 15 is 0 Å². The van der Waals surface area contributed by atoms with Crippen molar-refractivity contribution in [3.8, 4) is 0 Å². The summed E-state index contributed by atoms with van der Waals surface area (Å²) in [5.74, 6) is 6.79. The van der Waals surface area contributed by atoms with Crippen LogP contribution in [0.3, 0.4) is 0 Å². The first-order valence-electron chi connectivity index (χ1n) is 6.86. The second-order valence-corrected chi connectivity index (χ2v) is 5.07. The Bertz CT molecular complexity index is 593. The zero-order valence-corrected chi connectivity index (χ0v) is 11.2. The average molecular weight is 272 g/mol. The minimum absolute atomic E-state index is 0.232. The smallest absolute Gasteiger partial charge is 0.147 e. The van der Waals surface area contributed by atoms with Gasteiger partial charge in [-0.2, -0.15) is 0 Å². The molecule has 1 aromatic heterocycles. The maximum Gasteiger partial charge on any atom is 0.147 e. The molecule has 0 atom stereocenters. The van der Waals surface area contributed by atoms with Crippen LogP contribution in [-0.4, -0.2) is 9.97 Å². The second kappa shape index (κ2) is 5.54. The number of anilines is 1. The normalized spacial score (nSPS) is 13.9. The van der Waals surface area contributed by atoms with Gasteiger partial charge in [0.25, 0.3) is 0 Å². The van der Waals surface area contributed by atoms with Gasteiger partial charge >= 0.3 is 0 Å². The number of halogens is 1. The highest BCUT2D eigenvalue weighted by molar-refractivity contribution is 5.47. The van der Waals surface area contributed by atoms with Crippen LogP contribution in [0.2, 0.25) is 0 Å². The topological polar surface area (TPSA) is 63.8 Å². The number of nitrogens with two attached hydrogens (primary N) is 1. The van der Waals surface area contributed by atoms with E-state index in [1.54, 1.807) is 12.1 Å². The van der Waals surface area contributed by atoms with E-state index in [2.05, 4.69) is 15.4 Å². The lowest BCUT2D eigenvalue weighted by Gasteiger charge is -2.18. The van der Waals surface area contributed by atoms with Crippen molar-refractivity contribution in [1.82, 2.24) is 9.97 Å². The highest BCUT2D eigenvalue weighted by atomic mass is 19.1. The number of hydrazine groups is 1. The molecule has 0 saturated carbocycles. The first-order valence-corrected chi connectivity index (χ1v) is 6.86. The fraction of sp³-hybridized carbons (Fsp3) is 0.333. The van der Waals surface area contributed by atoms with Crippen molar-refractivity contribution >= 4 is 5.82 Å². The Kier molecular flexibility index (Phi) is 3.60. The van der Waals surface area contributed by atoms with Gasteiger partial charge in [-0.1, -0.05) is 12.1 Å². The summed E-state index contributed by atoms with van der Waals surface area (Å²) in [6, 6.07) is 6.42. The van der Waals surface area contributed by atoms with E-state index < -0.39 is 0 Å². The van der Waals surface area contributed by atoms with Crippen molar-refractivity contribution in [2.45, 2.75) is 32.1 Å². The summed E-state index contributed by atoms with van der Waals surface area (Å²) in [7, 11) is 0. The number of benzene rings is 1. The molecule has 0 unspecified atom stereocenters. The molecule has 5 heteroatoms. The molecule has 2 aromatic rings. The number of aryl methyl sites for hydroxylation is 1. The monoisotopic (exact) mass is 272 g/mol. The number of fused-ring (bicyclic) bond motifs is 1. The van der Waals surface area contributed by atoms with E-state index in [1.165, 1.54) is 12.1 Å². The quantitative estimate of drug-likeness (QED) is 0.665. The van der Waals surface area contributed by atoms with Gasteiger partial charge in [-0.3, -0.25) is 0 Å². The van der Waals surface area contributed by atoms with Gasteiger partial charge in [0.05, 0.1) is 0 Å². The van der Waals surface area contributed by atoms with Crippen molar-refractivity contribution in [1.29, 1.82) is 0 Å². The molecule has 3 rings (SSSR count). The number of rotatable bonds is 3. The first kappa shape index (κ1) is 13.0. The Balaban J connectivity index is 1.91. The first-order chi connectivity index (χ1) is 9.76. The molecule has 0 aliphatic heterocycles. The van der Waals surface area contributed by atoms with Crippen LogP contribution >= 0.6 is 0 Å². The van der Waals surface area contributed by atoms with E-state index in [4.69, 9.17) is 5.84 Å². The SMILES string of the molecule is NNc1nc(Cc2ccc(F)cc2)nc2c1CCCC2. The fourth-order valence-electron chi connectivity index (χ4n) is 2.63. The van der Waals surface area contributed by atoms with Gasteiger partial charge in [0.15, 0.2) is 0 Å². The van der Waals surface area contributed by atoms with Crippen LogP contribution in [0, 0.1) is 5.82 Å². The van der Waals surface area contributed by atoms with Crippen LogP contribution in [0.5, 0.6) is 0 Å². The lowest BCUT2D eigenvalue weighted by atomic mass is 9.96. The predicted octanol–water partition coefficient (Wildman–Crippen LogP) is 2.37. The Morgan fingerprint density at radius 3 is 2.60 bits per heavy atom. The van der Waals surface area contributed by atoms with Crippen molar-refractivity contribution in [3.05, 3.63) is 52.7 Å². The maximum atomic E-state index is 12.9.